The molecule has 0 aliphatic heterocycles. The van der Waals surface area contributed by atoms with Gasteiger partial charge in [0.15, 0.2) is 0 Å². The molecule has 0 amide bonds. The number of rotatable bonds is 4. The predicted octanol–water partition coefficient (Wildman–Crippen LogP) is 4.27. The van der Waals surface area contributed by atoms with Crippen LogP contribution in [-0.4, -0.2) is 0 Å². The van der Waals surface area contributed by atoms with E-state index in [9.17, 15) is 0 Å². The topological polar surface area (TPSA) is 0 Å². The van der Waals surface area contributed by atoms with Gasteiger partial charge in [-0.05, 0) is 23.0 Å². The van der Waals surface area contributed by atoms with Gasteiger partial charge in [-0.1, -0.05) is 50.3 Å². The van der Waals surface area contributed by atoms with Gasteiger partial charge >= 0.3 is 0 Å². The molecule has 1 rings (SSSR count). The van der Waals surface area contributed by atoms with Crippen LogP contribution in [-0.2, 0) is 0 Å². The first kappa shape index (κ1) is 10.8. The zero-order valence-corrected chi connectivity index (χ0v) is 9.03. The van der Waals surface area contributed by atoms with Crippen LogP contribution < -0.4 is 0 Å². The van der Waals surface area contributed by atoms with E-state index in [2.05, 4.69) is 51.3 Å². The quantitative estimate of drug-likeness (QED) is 0.616. The van der Waals surface area contributed by atoms with Crippen LogP contribution in [0.2, 0.25) is 0 Å². The summed E-state index contributed by atoms with van der Waals surface area (Å²) >= 11 is 0. The van der Waals surface area contributed by atoms with Crippen molar-refractivity contribution < 1.29 is 0 Å². The van der Waals surface area contributed by atoms with Crippen LogP contribution in [0.5, 0.6) is 0 Å². The molecule has 0 spiro atoms. The van der Waals surface area contributed by atoms with Gasteiger partial charge in [-0.2, -0.15) is 0 Å². The maximum Gasteiger partial charge on any atom is -0.00102 e. The highest BCUT2D eigenvalue weighted by molar-refractivity contribution is 5.36. The zero-order chi connectivity index (χ0) is 10.6. The molecule has 0 heteroatoms. The Morgan fingerprint density at radius 1 is 0.929 bits per heavy atom. The first-order chi connectivity index (χ1) is 6.70. The maximum atomic E-state index is 3.84. The molecule has 1 aromatic rings. The maximum absolute atomic E-state index is 3.84. The molecule has 0 aromatic heterocycles. The summed E-state index contributed by atoms with van der Waals surface area (Å²) in [6, 6.07) is 8.49. The fourth-order valence-corrected chi connectivity index (χ4v) is 1.59. The third-order valence-corrected chi connectivity index (χ3v) is 2.68. The monoisotopic (exact) mass is 186 g/mol. The molecule has 0 aliphatic rings. The van der Waals surface area contributed by atoms with Crippen LogP contribution in [0.4, 0.5) is 0 Å². The van der Waals surface area contributed by atoms with E-state index in [1.54, 1.807) is 0 Å². The van der Waals surface area contributed by atoms with Crippen molar-refractivity contribution in [2.45, 2.75) is 25.7 Å². The van der Waals surface area contributed by atoms with Gasteiger partial charge < -0.3 is 0 Å². The highest BCUT2D eigenvalue weighted by Gasteiger charge is 2.09. The van der Waals surface area contributed by atoms with E-state index in [1.807, 2.05) is 12.2 Å². The third kappa shape index (κ3) is 2.14. The summed E-state index contributed by atoms with van der Waals surface area (Å²) in [5.41, 5.74) is 2.71. The second-order valence-corrected chi connectivity index (χ2v) is 3.68. The van der Waals surface area contributed by atoms with Gasteiger partial charge in [0.05, 0.1) is 0 Å². The zero-order valence-electron chi connectivity index (χ0n) is 9.03. The highest BCUT2D eigenvalue weighted by Crippen LogP contribution is 2.27. The van der Waals surface area contributed by atoms with Crippen molar-refractivity contribution in [1.29, 1.82) is 0 Å². The Kier molecular flexibility index (Phi) is 3.70. The molecule has 2 unspecified atom stereocenters. The summed E-state index contributed by atoms with van der Waals surface area (Å²) < 4.78 is 0. The van der Waals surface area contributed by atoms with Crippen LogP contribution in [0, 0.1) is 0 Å². The molecule has 14 heavy (non-hydrogen) atoms. The summed E-state index contributed by atoms with van der Waals surface area (Å²) in [6.45, 7) is 12.0. The molecule has 0 saturated heterocycles. The minimum absolute atomic E-state index is 0.411. The van der Waals surface area contributed by atoms with Crippen molar-refractivity contribution in [3.05, 3.63) is 60.7 Å². The lowest BCUT2D eigenvalue weighted by Gasteiger charge is -2.16. The van der Waals surface area contributed by atoms with Crippen LogP contribution in [0.3, 0.4) is 0 Å². The van der Waals surface area contributed by atoms with E-state index in [0.29, 0.717) is 11.8 Å². The van der Waals surface area contributed by atoms with Crippen molar-refractivity contribution in [3.63, 3.8) is 0 Å². The average molecular weight is 186 g/mol. The molecule has 0 heterocycles. The Hall–Kier alpha value is -1.30. The van der Waals surface area contributed by atoms with Crippen LogP contribution in [0.15, 0.2) is 49.6 Å². The summed E-state index contributed by atoms with van der Waals surface area (Å²) in [5, 5.41) is 0. The lowest BCUT2D eigenvalue weighted by atomic mass is 9.89. The number of benzene rings is 1. The second-order valence-electron chi connectivity index (χ2n) is 3.68. The molecule has 0 N–H and O–H groups in total. The molecule has 0 aliphatic carbocycles. The van der Waals surface area contributed by atoms with Crippen LogP contribution >= 0.6 is 0 Å². The fraction of sp³-hybridized carbons (Fsp3) is 0.286. The lowest BCUT2D eigenvalue weighted by Crippen LogP contribution is -1.98. The average Bonchev–Trinajstić information content (AvgIpc) is 2.27. The van der Waals surface area contributed by atoms with E-state index in [4.69, 9.17) is 0 Å². The van der Waals surface area contributed by atoms with E-state index >= 15 is 0 Å². The summed E-state index contributed by atoms with van der Waals surface area (Å²) in [6.07, 6.45) is 3.96. The minimum atomic E-state index is 0.411. The van der Waals surface area contributed by atoms with Crippen LogP contribution in [0.25, 0.3) is 0 Å². The molecule has 1 aromatic carbocycles. The Morgan fingerprint density at radius 2 is 1.29 bits per heavy atom. The normalized spacial score (nSPS) is 14.4. The minimum Gasteiger partial charge on any atom is -0.102 e. The molecule has 2 atom stereocenters. The van der Waals surface area contributed by atoms with Gasteiger partial charge in [0, 0.05) is 0 Å². The van der Waals surface area contributed by atoms with Gasteiger partial charge in [0.1, 0.15) is 0 Å². The van der Waals surface area contributed by atoms with Crippen molar-refractivity contribution in [2.75, 3.05) is 0 Å². The molecule has 0 radical (unpaired) electrons. The van der Waals surface area contributed by atoms with E-state index < -0.39 is 0 Å². The predicted molar refractivity (Wildman–Crippen MR) is 63.7 cm³/mol. The molecule has 0 nitrogen and oxygen atoms in total. The van der Waals surface area contributed by atoms with Gasteiger partial charge in [-0.25, -0.2) is 0 Å². The molecule has 0 saturated carbocycles. The fourth-order valence-electron chi connectivity index (χ4n) is 1.59. The lowest BCUT2D eigenvalue weighted by molar-refractivity contribution is 0.884. The number of allylic oxidation sites excluding steroid dienone is 2. The third-order valence-electron chi connectivity index (χ3n) is 2.68. The molecular weight excluding hydrogens is 168 g/mol. The van der Waals surface area contributed by atoms with Crippen molar-refractivity contribution in [2.24, 2.45) is 0 Å². The molecule has 74 valence electrons. The van der Waals surface area contributed by atoms with E-state index in [0.717, 1.165) is 0 Å². The number of hydrogen-bond donors (Lipinski definition) is 0. The Bertz CT molecular complexity index is 290. The SMILES string of the molecule is C=CC(C)c1ccccc1C(C)C=C. The van der Waals surface area contributed by atoms with E-state index in [1.165, 1.54) is 11.1 Å². The van der Waals surface area contributed by atoms with Crippen molar-refractivity contribution >= 4 is 0 Å². The standard InChI is InChI=1S/C14H18/c1-5-11(3)13-9-7-8-10-14(13)12(4)6-2/h5-12H,1-2H2,3-4H3. The van der Waals surface area contributed by atoms with Gasteiger partial charge in [0.25, 0.3) is 0 Å². The van der Waals surface area contributed by atoms with Gasteiger partial charge in [-0.3, -0.25) is 0 Å². The number of hydrogen-bond acceptors (Lipinski definition) is 0. The van der Waals surface area contributed by atoms with Crippen molar-refractivity contribution in [3.8, 4) is 0 Å². The molecular formula is C14H18. The van der Waals surface area contributed by atoms with E-state index in [-0.39, 0.29) is 0 Å². The van der Waals surface area contributed by atoms with Gasteiger partial charge in [0.2, 0.25) is 0 Å². The summed E-state index contributed by atoms with van der Waals surface area (Å²) in [4.78, 5) is 0. The largest absolute Gasteiger partial charge is 0.102 e. The van der Waals surface area contributed by atoms with Crippen molar-refractivity contribution in [1.82, 2.24) is 0 Å². The second kappa shape index (κ2) is 4.80. The molecule has 0 bridgehead atoms. The van der Waals surface area contributed by atoms with Crippen LogP contribution in [0.1, 0.15) is 36.8 Å². The summed E-state index contributed by atoms with van der Waals surface area (Å²) in [7, 11) is 0. The van der Waals surface area contributed by atoms with Gasteiger partial charge in [-0.15, -0.1) is 13.2 Å². The summed E-state index contributed by atoms with van der Waals surface area (Å²) in [5.74, 6) is 0.821. The first-order valence-electron chi connectivity index (χ1n) is 5.04. The Labute approximate surface area is 87.0 Å². The first-order valence-corrected chi connectivity index (χ1v) is 5.04. The highest BCUT2D eigenvalue weighted by atomic mass is 14.1. The molecule has 0 fully saturated rings. The smallest absolute Gasteiger partial charge is 0.00102 e. The Balaban J connectivity index is 3.14. The Morgan fingerprint density at radius 3 is 1.57 bits per heavy atom.